The first-order valence-corrected chi connectivity index (χ1v) is 7.20. The van der Waals surface area contributed by atoms with Gasteiger partial charge in [0.05, 0.1) is 5.60 Å². The zero-order valence-corrected chi connectivity index (χ0v) is 12.4. The van der Waals surface area contributed by atoms with E-state index in [1.54, 1.807) is 0 Å². The van der Waals surface area contributed by atoms with Crippen LogP contribution in [0.2, 0.25) is 0 Å². The Bertz CT molecular complexity index is 442. The fourth-order valence-electron chi connectivity index (χ4n) is 2.87. The van der Waals surface area contributed by atoms with E-state index < -0.39 is 11.6 Å². The number of benzene rings is 1. The zero-order valence-electron chi connectivity index (χ0n) is 12.4. The van der Waals surface area contributed by atoms with E-state index in [0.717, 1.165) is 19.4 Å². The molecule has 0 spiro atoms. The second-order valence-corrected chi connectivity index (χ2v) is 6.27. The van der Waals surface area contributed by atoms with Crippen LogP contribution < -0.4 is 5.32 Å². The van der Waals surface area contributed by atoms with E-state index in [1.165, 1.54) is 18.2 Å². The molecule has 0 radical (unpaired) electrons. The molecular formula is C16H23F2NO. The summed E-state index contributed by atoms with van der Waals surface area (Å²) in [6, 6.07) is 4.38. The Kier molecular flexibility index (Phi) is 4.76. The maximum atomic E-state index is 13.6. The van der Waals surface area contributed by atoms with Gasteiger partial charge in [-0.05, 0) is 52.2 Å². The lowest BCUT2D eigenvalue weighted by atomic mass is 9.93. The van der Waals surface area contributed by atoms with Crippen molar-refractivity contribution in [3.05, 3.63) is 35.4 Å². The Hall–Kier alpha value is -1.00. The Balaban J connectivity index is 1.94. The molecule has 4 heteroatoms. The highest BCUT2D eigenvalue weighted by Crippen LogP contribution is 2.24. The van der Waals surface area contributed by atoms with E-state index in [4.69, 9.17) is 4.74 Å². The van der Waals surface area contributed by atoms with Crippen LogP contribution in [0.4, 0.5) is 8.78 Å². The molecule has 20 heavy (non-hydrogen) atoms. The molecule has 1 aromatic rings. The van der Waals surface area contributed by atoms with Crippen molar-refractivity contribution in [2.24, 2.45) is 0 Å². The van der Waals surface area contributed by atoms with E-state index >= 15 is 0 Å². The van der Waals surface area contributed by atoms with E-state index in [0.29, 0.717) is 12.5 Å². The van der Waals surface area contributed by atoms with Gasteiger partial charge in [0, 0.05) is 24.3 Å². The van der Waals surface area contributed by atoms with Crippen LogP contribution in [-0.4, -0.2) is 24.3 Å². The molecule has 1 fully saturated rings. The molecule has 0 bridgehead atoms. The quantitative estimate of drug-likeness (QED) is 0.914. The highest BCUT2D eigenvalue weighted by molar-refractivity contribution is 5.20. The molecular weight excluding hydrogens is 260 g/mol. The minimum absolute atomic E-state index is 0.0281. The predicted molar refractivity (Wildman–Crippen MR) is 75.7 cm³/mol. The first kappa shape index (κ1) is 15.4. The summed E-state index contributed by atoms with van der Waals surface area (Å²) in [7, 11) is 0. The van der Waals surface area contributed by atoms with Crippen LogP contribution >= 0.6 is 0 Å². The molecule has 0 saturated carbocycles. The average Bonchev–Trinajstić information content (AvgIpc) is 2.33. The van der Waals surface area contributed by atoms with Crippen molar-refractivity contribution in [3.8, 4) is 0 Å². The van der Waals surface area contributed by atoms with Crippen molar-refractivity contribution in [1.29, 1.82) is 0 Å². The highest BCUT2D eigenvalue weighted by Gasteiger charge is 2.29. The molecule has 1 aliphatic rings. The fourth-order valence-corrected chi connectivity index (χ4v) is 2.87. The standard InChI is InChI=1S/C16H23F2NO/c1-11(9-13-14(17)5-4-6-15(13)18)19-12-7-8-20-16(2,3)10-12/h4-6,11-12,19H,7-10H2,1-3H3. The molecule has 112 valence electrons. The van der Waals surface area contributed by atoms with Gasteiger partial charge in [0.15, 0.2) is 0 Å². The number of nitrogens with one attached hydrogen (secondary N) is 1. The number of halogens is 2. The van der Waals surface area contributed by atoms with Crippen molar-refractivity contribution >= 4 is 0 Å². The smallest absolute Gasteiger partial charge is 0.129 e. The fraction of sp³-hybridized carbons (Fsp3) is 0.625. The van der Waals surface area contributed by atoms with Crippen LogP contribution in [0.3, 0.4) is 0 Å². The van der Waals surface area contributed by atoms with Crippen LogP contribution in [0.5, 0.6) is 0 Å². The van der Waals surface area contributed by atoms with Gasteiger partial charge in [-0.15, -0.1) is 0 Å². The Morgan fingerprint density at radius 3 is 2.60 bits per heavy atom. The van der Waals surface area contributed by atoms with Crippen molar-refractivity contribution in [3.63, 3.8) is 0 Å². The summed E-state index contributed by atoms with van der Waals surface area (Å²) in [6.07, 6.45) is 2.21. The van der Waals surface area contributed by atoms with Crippen molar-refractivity contribution in [2.75, 3.05) is 6.61 Å². The molecule has 0 amide bonds. The van der Waals surface area contributed by atoms with Crippen molar-refractivity contribution in [1.82, 2.24) is 5.32 Å². The third-order valence-electron chi connectivity index (χ3n) is 3.79. The maximum Gasteiger partial charge on any atom is 0.129 e. The summed E-state index contributed by atoms with van der Waals surface area (Å²) in [5.41, 5.74) is 0.0395. The van der Waals surface area contributed by atoms with Gasteiger partial charge in [0.1, 0.15) is 11.6 Å². The lowest BCUT2D eigenvalue weighted by Gasteiger charge is -2.37. The summed E-state index contributed by atoms with van der Waals surface area (Å²) in [5, 5.41) is 3.46. The first-order chi connectivity index (χ1) is 9.37. The van der Waals surface area contributed by atoms with Gasteiger partial charge < -0.3 is 10.1 Å². The summed E-state index contributed by atoms with van der Waals surface area (Å²) in [4.78, 5) is 0. The van der Waals surface area contributed by atoms with E-state index in [1.807, 2.05) is 6.92 Å². The number of hydrogen-bond acceptors (Lipinski definition) is 2. The number of ether oxygens (including phenoxy) is 1. The van der Waals surface area contributed by atoms with Crippen LogP contribution in [0.15, 0.2) is 18.2 Å². The van der Waals surface area contributed by atoms with Crippen LogP contribution in [0.25, 0.3) is 0 Å². The van der Waals surface area contributed by atoms with Crippen LogP contribution in [0.1, 0.15) is 39.2 Å². The van der Waals surface area contributed by atoms with E-state index in [2.05, 4.69) is 19.2 Å². The lowest BCUT2D eigenvalue weighted by molar-refractivity contribution is -0.0639. The first-order valence-electron chi connectivity index (χ1n) is 7.20. The topological polar surface area (TPSA) is 21.3 Å². The molecule has 1 N–H and O–H groups in total. The number of rotatable bonds is 4. The molecule has 1 heterocycles. The van der Waals surface area contributed by atoms with Crippen molar-refractivity contribution < 1.29 is 13.5 Å². The molecule has 2 atom stereocenters. The van der Waals surface area contributed by atoms with Crippen LogP contribution in [-0.2, 0) is 11.2 Å². The molecule has 1 aromatic carbocycles. The second-order valence-electron chi connectivity index (χ2n) is 6.27. The highest BCUT2D eigenvalue weighted by atomic mass is 19.1. The van der Waals surface area contributed by atoms with Gasteiger partial charge >= 0.3 is 0 Å². The SMILES string of the molecule is CC(Cc1c(F)cccc1F)NC1CCOC(C)(C)C1. The molecule has 1 aliphatic heterocycles. The summed E-state index contributed by atoms with van der Waals surface area (Å²) >= 11 is 0. The van der Waals surface area contributed by atoms with Gasteiger partial charge in [-0.3, -0.25) is 0 Å². The largest absolute Gasteiger partial charge is 0.375 e. The maximum absolute atomic E-state index is 13.6. The second kappa shape index (κ2) is 6.19. The Morgan fingerprint density at radius 2 is 2.00 bits per heavy atom. The molecule has 0 aromatic heterocycles. The summed E-state index contributed by atoms with van der Waals surface area (Å²) < 4.78 is 32.9. The van der Waals surface area contributed by atoms with E-state index in [-0.39, 0.29) is 17.2 Å². The average molecular weight is 283 g/mol. The minimum Gasteiger partial charge on any atom is -0.375 e. The lowest BCUT2D eigenvalue weighted by Crippen LogP contribution is -2.47. The molecule has 0 aliphatic carbocycles. The summed E-state index contributed by atoms with van der Waals surface area (Å²) in [5.74, 6) is -0.933. The minimum atomic E-state index is -0.467. The normalized spacial score (nSPS) is 23.6. The molecule has 2 unspecified atom stereocenters. The van der Waals surface area contributed by atoms with Crippen molar-refractivity contribution in [2.45, 2.75) is 57.7 Å². The van der Waals surface area contributed by atoms with Gasteiger partial charge in [-0.2, -0.15) is 0 Å². The number of hydrogen-bond donors (Lipinski definition) is 1. The third-order valence-corrected chi connectivity index (χ3v) is 3.79. The Labute approximate surface area is 119 Å². The van der Waals surface area contributed by atoms with Gasteiger partial charge in [-0.25, -0.2) is 8.78 Å². The van der Waals surface area contributed by atoms with Gasteiger partial charge in [-0.1, -0.05) is 6.07 Å². The summed E-state index contributed by atoms with van der Waals surface area (Å²) in [6.45, 7) is 6.84. The van der Waals surface area contributed by atoms with Gasteiger partial charge in [0.2, 0.25) is 0 Å². The predicted octanol–water partition coefficient (Wildman–Crippen LogP) is 3.44. The Morgan fingerprint density at radius 1 is 1.35 bits per heavy atom. The molecule has 2 rings (SSSR count). The van der Waals surface area contributed by atoms with E-state index in [9.17, 15) is 8.78 Å². The molecule has 1 saturated heterocycles. The van der Waals surface area contributed by atoms with Crippen LogP contribution in [0, 0.1) is 11.6 Å². The third kappa shape index (κ3) is 4.00. The molecule has 2 nitrogen and oxygen atoms in total. The zero-order chi connectivity index (χ0) is 14.8. The monoisotopic (exact) mass is 283 g/mol. The van der Waals surface area contributed by atoms with Gasteiger partial charge in [0.25, 0.3) is 0 Å².